The number of rotatable bonds is 8. The number of esters is 1. The first kappa shape index (κ1) is 19.5. The number of hydrogen-bond acceptors (Lipinski definition) is 7. The standard InChI is InChI=1S/C19H25N3O4S/c1-3-25-16(24)5-4-8-20-15(23)10-26-18-17-13-7-6-12(2)9-14(13)27-19(17)22-11-21-18/h11-12H,3-10H2,1-2H3,(H,20,23)/t12-/m1/s1. The van der Waals surface area contributed by atoms with Gasteiger partial charge in [-0.1, -0.05) is 6.92 Å². The monoisotopic (exact) mass is 391 g/mol. The number of aromatic nitrogens is 2. The van der Waals surface area contributed by atoms with Crippen molar-refractivity contribution < 1.29 is 19.1 Å². The molecular weight excluding hydrogens is 366 g/mol. The minimum absolute atomic E-state index is 0.105. The predicted molar refractivity (Wildman–Crippen MR) is 103 cm³/mol. The van der Waals surface area contributed by atoms with Crippen LogP contribution in [0.2, 0.25) is 0 Å². The molecule has 1 atom stereocenters. The molecule has 2 aromatic heterocycles. The molecule has 0 aromatic carbocycles. The van der Waals surface area contributed by atoms with Crippen LogP contribution in [0.15, 0.2) is 6.33 Å². The normalized spacial score (nSPS) is 16.0. The van der Waals surface area contributed by atoms with E-state index < -0.39 is 0 Å². The molecule has 1 aliphatic rings. The van der Waals surface area contributed by atoms with Crippen LogP contribution in [-0.4, -0.2) is 41.6 Å². The van der Waals surface area contributed by atoms with Gasteiger partial charge in [0.15, 0.2) is 6.61 Å². The second-order valence-electron chi connectivity index (χ2n) is 6.76. The molecule has 1 N–H and O–H groups in total. The van der Waals surface area contributed by atoms with E-state index in [1.54, 1.807) is 18.3 Å². The van der Waals surface area contributed by atoms with Crippen LogP contribution in [0.3, 0.4) is 0 Å². The second-order valence-corrected chi connectivity index (χ2v) is 7.84. The molecule has 0 aliphatic heterocycles. The van der Waals surface area contributed by atoms with E-state index in [2.05, 4.69) is 22.2 Å². The molecular formula is C19H25N3O4S. The highest BCUT2D eigenvalue weighted by atomic mass is 32.1. The number of nitrogens with zero attached hydrogens (tertiary/aromatic N) is 2. The highest BCUT2D eigenvalue weighted by Gasteiger charge is 2.23. The molecule has 0 spiro atoms. The van der Waals surface area contributed by atoms with Gasteiger partial charge in [-0.3, -0.25) is 9.59 Å². The highest BCUT2D eigenvalue weighted by Crippen LogP contribution is 2.40. The Balaban J connectivity index is 1.54. The van der Waals surface area contributed by atoms with Gasteiger partial charge in [0.1, 0.15) is 11.2 Å². The zero-order valence-corrected chi connectivity index (χ0v) is 16.6. The minimum Gasteiger partial charge on any atom is -0.467 e. The maximum absolute atomic E-state index is 12.0. The number of fused-ring (bicyclic) bond motifs is 3. The molecule has 1 aliphatic carbocycles. The summed E-state index contributed by atoms with van der Waals surface area (Å²) >= 11 is 1.70. The Morgan fingerprint density at radius 3 is 3.04 bits per heavy atom. The van der Waals surface area contributed by atoms with Crippen LogP contribution in [0, 0.1) is 5.92 Å². The van der Waals surface area contributed by atoms with Crippen LogP contribution in [-0.2, 0) is 27.2 Å². The lowest BCUT2D eigenvalue weighted by molar-refractivity contribution is -0.143. The third-order valence-electron chi connectivity index (χ3n) is 4.58. The molecule has 7 nitrogen and oxygen atoms in total. The molecule has 146 valence electrons. The predicted octanol–water partition coefficient (Wildman–Crippen LogP) is 2.65. The van der Waals surface area contributed by atoms with Gasteiger partial charge in [-0.15, -0.1) is 11.3 Å². The van der Waals surface area contributed by atoms with Gasteiger partial charge in [0.2, 0.25) is 5.88 Å². The fourth-order valence-electron chi connectivity index (χ4n) is 3.23. The van der Waals surface area contributed by atoms with Crippen LogP contribution in [0.4, 0.5) is 0 Å². The number of thiophene rings is 1. The summed E-state index contributed by atoms with van der Waals surface area (Å²) in [6.45, 7) is 4.71. The minimum atomic E-state index is -0.247. The molecule has 0 unspecified atom stereocenters. The van der Waals surface area contributed by atoms with Crippen molar-refractivity contribution in [2.45, 2.75) is 46.0 Å². The van der Waals surface area contributed by atoms with Crippen LogP contribution in [0.1, 0.15) is 43.6 Å². The first-order valence-corrected chi connectivity index (χ1v) is 10.2. The Kier molecular flexibility index (Phi) is 6.60. The Morgan fingerprint density at radius 2 is 2.22 bits per heavy atom. The summed E-state index contributed by atoms with van der Waals surface area (Å²) in [5.74, 6) is 0.684. The van der Waals surface area contributed by atoms with Crippen LogP contribution in [0.25, 0.3) is 10.2 Å². The molecule has 0 bridgehead atoms. The number of carbonyl (C=O) groups is 2. The van der Waals surface area contributed by atoms with Gasteiger partial charge in [-0.25, -0.2) is 9.97 Å². The van der Waals surface area contributed by atoms with Crippen LogP contribution >= 0.6 is 11.3 Å². The zero-order valence-electron chi connectivity index (χ0n) is 15.7. The van der Waals surface area contributed by atoms with E-state index in [0.717, 1.165) is 29.5 Å². The Labute approximate surface area is 162 Å². The van der Waals surface area contributed by atoms with E-state index in [1.165, 1.54) is 16.8 Å². The van der Waals surface area contributed by atoms with E-state index >= 15 is 0 Å². The summed E-state index contributed by atoms with van der Waals surface area (Å²) in [4.78, 5) is 34.2. The molecule has 0 fully saturated rings. The molecule has 2 heterocycles. The first-order chi connectivity index (χ1) is 13.1. The van der Waals surface area contributed by atoms with Crippen LogP contribution < -0.4 is 10.1 Å². The van der Waals surface area contributed by atoms with Gasteiger partial charge in [-0.2, -0.15) is 0 Å². The Bertz CT molecular complexity index is 821. The van der Waals surface area contributed by atoms with E-state index in [9.17, 15) is 9.59 Å². The van der Waals surface area contributed by atoms with Crippen molar-refractivity contribution >= 4 is 33.4 Å². The van der Waals surface area contributed by atoms with Crippen LogP contribution in [0.5, 0.6) is 5.88 Å². The average molecular weight is 391 g/mol. The van der Waals surface area contributed by atoms with Crippen molar-refractivity contribution in [2.24, 2.45) is 5.92 Å². The number of nitrogens with one attached hydrogen (secondary N) is 1. The summed E-state index contributed by atoms with van der Waals surface area (Å²) < 4.78 is 10.6. The number of amides is 1. The molecule has 2 aromatic rings. The summed E-state index contributed by atoms with van der Waals surface area (Å²) in [6, 6.07) is 0. The maximum Gasteiger partial charge on any atom is 0.305 e. The molecule has 27 heavy (non-hydrogen) atoms. The molecule has 0 radical (unpaired) electrons. The van der Waals surface area contributed by atoms with Crippen molar-refractivity contribution in [3.8, 4) is 5.88 Å². The molecule has 0 saturated heterocycles. The lowest BCUT2D eigenvalue weighted by Crippen LogP contribution is -2.30. The lowest BCUT2D eigenvalue weighted by atomic mass is 9.89. The van der Waals surface area contributed by atoms with Gasteiger partial charge in [0.05, 0.1) is 12.0 Å². The number of aryl methyl sites for hydroxylation is 1. The van der Waals surface area contributed by atoms with Gasteiger partial charge >= 0.3 is 5.97 Å². The second kappa shape index (κ2) is 9.12. The third-order valence-corrected chi connectivity index (χ3v) is 5.74. The number of hydrogen-bond donors (Lipinski definition) is 1. The average Bonchev–Trinajstić information content (AvgIpc) is 3.01. The molecule has 0 saturated carbocycles. The van der Waals surface area contributed by atoms with Gasteiger partial charge in [0, 0.05) is 17.8 Å². The number of ether oxygens (including phenoxy) is 2. The van der Waals surface area contributed by atoms with E-state index in [1.807, 2.05) is 0 Å². The first-order valence-electron chi connectivity index (χ1n) is 9.38. The van der Waals surface area contributed by atoms with Crippen molar-refractivity contribution in [1.29, 1.82) is 0 Å². The molecule has 8 heteroatoms. The SMILES string of the molecule is CCOC(=O)CCCNC(=O)COc1ncnc2sc3c(c12)CC[C@@H](C)C3. The van der Waals surface area contributed by atoms with Crippen molar-refractivity contribution in [3.05, 3.63) is 16.8 Å². The van der Waals surface area contributed by atoms with Crippen molar-refractivity contribution in [1.82, 2.24) is 15.3 Å². The third kappa shape index (κ3) is 4.94. The molecule has 1 amide bonds. The van der Waals surface area contributed by atoms with E-state index in [4.69, 9.17) is 9.47 Å². The van der Waals surface area contributed by atoms with Crippen molar-refractivity contribution in [2.75, 3.05) is 19.8 Å². The quantitative estimate of drug-likeness (QED) is 0.550. The summed E-state index contributed by atoms with van der Waals surface area (Å²) in [7, 11) is 0. The topological polar surface area (TPSA) is 90.4 Å². The summed E-state index contributed by atoms with van der Waals surface area (Å²) in [5, 5.41) is 3.71. The lowest BCUT2D eigenvalue weighted by Gasteiger charge is -2.18. The zero-order chi connectivity index (χ0) is 19.2. The van der Waals surface area contributed by atoms with Gasteiger partial charge < -0.3 is 14.8 Å². The molecule has 3 rings (SSSR count). The van der Waals surface area contributed by atoms with Gasteiger partial charge in [0.25, 0.3) is 5.91 Å². The summed E-state index contributed by atoms with van der Waals surface area (Å²) in [5.41, 5.74) is 1.28. The van der Waals surface area contributed by atoms with Crippen molar-refractivity contribution in [3.63, 3.8) is 0 Å². The largest absolute Gasteiger partial charge is 0.467 e. The fourth-order valence-corrected chi connectivity index (χ4v) is 4.58. The van der Waals surface area contributed by atoms with E-state index in [-0.39, 0.29) is 18.5 Å². The van der Waals surface area contributed by atoms with E-state index in [0.29, 0.717) is 37.8 Å². The highest BCUT2D eigenvalue weighted by molar-refractivity contribution is 7.18. The maximum atomic E-state index is 12.0. The smallest absolute Gasteiger partial charge is 0.305 e. The Hall–Kier alpha value is -2.22. The van der Waals surface area contributed by atoms with Gasteiger partial charge in [-0.05, 0) is 44.1 Å². The Morgan fingerprint density at radius 1 is 1.37 bits per heavy atom. The number of carbonyl (C=O) groups excluding carboxylic acids is 2. The summed E-state index contributed by atoms with van der Waals surface area (Å²) in [6.07, 6.45) is 5.53. The fraction of sp³-hybridized carbons (Fsp3) is 0.579.